The third kappa shape index (κ3) is 5.39. The van der Waals surface area contributed by atoms with Gasteiger partial charge >= 0.3 is 0 Å². The summed E-state index contributed by atoms with van der Waals surface area (Å²) in [5.41, 5.74) is 5.67. The van der Waals surface area contributed by atoms with Gasteiger partial charge < -0.3 is 4.74 Å². The average molecular weight is 544 g/mol. The Bertz CT molecular complexity index is 1510. The Balaban J connectivity index is 1.29. The molecule has 0 unspecified atom stereocenters. The Kier molecular flexibility index (Phi) is 7.27. The average Bonchev–Trinajstić information content (AvgIpc) is 3.42. The molecule has 0 radical (unpaired) electrons. The van der Waals surface area contributed by atoms with Gasteiger partial charge in [-0.1, -0.05) is 77.8 Å². The second-order valence-corrected chi connectivity index (χ2v) is 10.6. The first-order valence-corrected chi connectivity index (χ1v) is 13.5. The summed E-state index contributed by atoms with van der Waals surface area (Å²) >= 11 is 12.4. The lowest BCUT2D eigenvalue weighted by atomic mass is 9.96. The second kappa shape index (κ2) is 11.1. The van der Waals surface area contributed by atoms with Crippen LogP contribution in [-0.2, 0) is 6.54 Å². The summed E-state index contributed by atoms with van der Waals surface area (Å²) in [5, 5.41) is 14.6. The van der Waals surface area contributed by atoms with Gasteiger partial charge in [-0.25, -0.2) is 0 Å². The van der Waals surface area contributed by atoms with Crippen molar-refractivity contribution in [3.63, 3.8) is 0 Å². The van der Waals surface area contributed by atoms with E-state index in [4.69, 9.17) is 33.0 Å². The third-order valence-electron chi connectivity index (χ3n) is 7.09. The normalized spacial score (nSPS) is 14.7. The Hall–Kier alpha value is -3.45. The maximum absolute atomic E-state index is 6.51. The molecule has 0 N–H and O–H groups in total. The highest BCUT2D eigenvalue weighted by molar-refractivity contribution is 6.31. The number of rotatable bonds is 7. The standard InChI is InChI=1S/C30H27Cl2N5O/c31-25-10-6-23(7-11-25)27-28(24-8-12-26(32)13-9-24)30(35-37-20-33-34-29(27)37)38-19-22-14-16-36(17-15-22)18-21-4-2-1-3-5-21/h1-13,20,22H,14-19H2. The molecule has 192 valence electrons. The lowest BCUT2D eigenvalue weighted by Crippen LogP contribution is -2.35. The van der Waals surface area contributed by atoms with Gasteiger partial charge in [0.2, 0.25) is 5.88 Å². The number of ether oxygens (including phenoxy) is 1. The van der Waals surface area contributed by atoms with Crippen LogP contribution in [0.25, 0.3) is 27.9 Å². The summed E-state index contributed by atoms with van der Waals surface area (Å²) in [6.07, 6.45) is 3.78. The van der Waals surface area contributed by atoms with E-state index in [0.29, 0.717) is 34.1 Å². The van der Waals surface area contributed by atoms with Crippen LogP contribution in [0, 0.1) is 5.92 Å². The van der Waals surface area contributed by atoms with Crippen molar-refractivity contribution in [1.29, 1.82) is 0 Å². The molecule has 1 saturated heterocycles. The minimum atomic E-state index is 0.456. The summed E-state index contributed by atoms with van der Waals surface area (Å²) in [7, 11) is 0. The van der Waals surface area contributed by atoms with Gasteiger partial charge in [0.15, 0.2) is 5.65 Å². The topological polar surface area (TPSA) is 55.5 Å². The molecule has 6 nitrogen and oxygen atoms in total. The molecule has 2 aromatic heterocycles. The molecule has 0 bridgehead atoms. The number of hydrogen-bond donors (Lipinski definition) is 0. The molecule has 6 rings (SSSR count). The van der Waals surface area contributed by atoms with E-state index >= 15 is 0 Å². The summed E-state index contributed by atoms with van der Waals surface area (Å²) in [6.45, 7) is 3.70. The van der Waals surface area contributed by atoms with Gasteiger partial charge in [0.1, 0.15) is 6.33 Å². The Morgan fingerprint density at radius 3 is 2.08 bits per heavy atom. The van der Waals surface area contributed by atoms with Crippen LogP contribution in [0.3, 0.4) is 0 Å². The zero-order valence-corrected chi connectivity index (χ0v) is 22.3. The van der Waals surface area contributed by atoms with Crippen LogP contribution in [0.5, 0.6) is 5.88 Å². The third-order valence-corrected chi connectivity index (χ3v) is 7.60. The molecule has 38 heavy (non-hydrogen) atoms. The molecule has 1 aliphatic heterocycles. The van der Waals surface area contributed by atoms with Crippen molar-refractivity contribution in [2.24, 2.45) is 5.92 Å². The number of likely N-dealkylation sites (tertiary alicyclic amines) is 1. The van der Waals surface area contributed by atoms with Crippen molar-refractivity contribution in [2.75, 3.05) is 19.7 Å². The molecule has 1 aliphatic rings. The second-order valence-electron chi connectivity index (χ2n) is 9.68. The Morgan fingerprint density at radius 1 is 0.789 bits per heavy atom. The maximum Gasteiger partial charge on any atom is 0.240 e. The number of nitrogens with zero attached hydrogens (tertiary/aromatic N) is 5. The minimum absolute atomic E-state index is 0.456. The van der Waals surface area contributed by atoms with E-state index in [2.05, 4.69) is 45.4 Å². The molecule has 8 heteroatoms. The fraction of sp³-hybridized carbons (Fsp3) is 0.233. The number of piperidine rings is 1. The van der Waals surface area contributed by atoms with E-state index in [0.717, 1.165) is 54.7 Å². The first kappa shape index (κ1) is 24.9. The van der Waals surface area contributed by atoms with E-state index in [-0.39, 0.29) is 0 Å². The molecule has 0 saturated carbocycles. The van der Waals surface area contributed by atoms with Crippen LogP contribution >= 0.6 is 23.2 Å². The van der Waals surface area contributed by atoms with Crippen molar-refractivity contribution >= 4 is 28.8 Å². The predicted molar refractivity (Wildman–Crippen MR) is 152 cm³/mol. The first-order valence-electron chi connectivity index (χ1n) is 12.8. The molecule has 0 amide bonds. The zero-order valence-electron chi connectivity index (χ0n) is 20.8. The van der Waals surface area contributed by atoms with Gasteiger partial charge in [0.25, 0.3) is 0 Å². The van der Waals surface area contributed by atoms with Crippen LogP contribution in [0.2, 0.25) is 10.0 Å². The highest BCUT2D eigenvalue weighted by atomic mass is 35.5. The van der Waals surface area contributed by atoms with E-state index in [1.54, 1.807) is 10.8 Å². The summed E-state index contributed by atoms with van der Waals surface area (Å²) < 4.78 is 8.19. The van der Waals surface area contributed by atoms with Gasteiger partial charge in [-0.3, -0.25) is 4.90 Å². The predicted octanol–water partition coefficient (Wildman–Crippen LogP) is 7.06. The van der Waals surface area contributed by atoms with E-state index in [1.165, 1.54) is 5.56 Å². The van der Waals surface area contributed by atoms with Crippen molar-refractivity contribution in [3.05, 3.63) is 101 Å². The molecule has 3 heterocycles. The van der Waals surface area contributed by atoms with Gasteiger partial charge in [-0.05, 0) is 72.8 Å². The number of benzene rings is 3. The van der Waals surface area contributed by atoms with Crippen molar-refractivity contribution in [1.82, 2.24) is 24.7 Å². The Morgan fingerprint density at radius 2 is 1.42 bits per heavy atom. The highest BCUT2D eigenvalue weighted by Crippen LogP contribution is 2.41. The fourth-order valence-corrected chi connectivity index (χ4v) is 5.31. The van der Waals surface area contributed by atoms with Crippen molar-refractivity contribution in [3.8, 4) is 28.1 Å². The van der Waals surface area contributed by atoms with Gasteiger partial charge in [-0.15, -0.1) is 15.3 Å². The Labute approximate surface area is 231 Å². The monoisotopic (exact) mass is 543 g/mol. The van der Waals surface area contributed by atoms with Gasteiger partial charge in [-0.2, -0.15) is 4.52 Å². The number of fused-ring (bicyclic) bond motifs is 1. The molecular weight excluding hydrogens is 517 g/mol. The van der Waals surface area contributed by atoms with Crippen molar-refractivity contribution < 1.29 is 4.74 Å². The van der Waals surface area contributed by atoms with Crippen LogP contribution < -0.4 is 4.74 Å². The zero-order chi connectivity index (χ0) is 25.9. The largest absolute Gasteiger partial charge is 0.476 e. The molecule has 0 atom stereocenters. The van der Waals surface area contributed by atoms with E-state index in [9.17, 15) is 0 Å². The molecule has 1 fully saturated rings. The summed E-state index contributed by atoms with van der Waals surface area (Å²) in [4.78, 5) is 2.52. The van der Waals surface area contributed by atoms with Crippen molar-refractivity contribution in [2.45, 2.75) is 19.4 Å². The van der Waals surface area contributed by atoms with Crippen LogP contribution in [0.15, 0.2) is 85.2 Å². The van der Waals surface area contributed by atoms with Crippen LogP contribution in [0.1, 0.15) is 18.4 Å². The maximum atomic E-state index is 6.51. The smallest absolute Gasteiger partial charge is 0.240 e. The minimum Gasteiger partial charge on any atom is -0.476 e. The molecule has 0 spiro atoms. The van der Waals surface area contributed by atoms with E-state index in [1.807, 2.05) is 48.5 Å². The van der Waals surface area contributed by atoms with Crippen LogP contribution in [-0.4, -0.2) is 44.4 Å². The first-order chi connectivity index (χ1) is 18.6. The molecule has 0 aliphatic carbocycles. The van der Waals surface area contributed by atoms with Gasteiger partial charge in [0, 0.05) is 22.2 Å². The number of aromatic nitrogens is 4. The SMILES string of the molecule is Clc1ccc(-c2c(OCC3CCN(Cc4ccccc4)CC3)nn3cnnc3c2-c2ccc(Cl)cc2)cc1. The molecule has 5 aromatic rings. The van der Waals surface area contributed by atoms with E-state index < -0.39 is 0 Å². The highest BCUT2D eigenvalue weighted by Gasteiger charge is 2.24. The molecule has 3 aromatic carbocycles. The summed E-state index contributed by atoms with van der Waals surface area (Å²) in [6, 6.07) is 26.1. The number of hydrogen-bond acceptors (Lipinski definition) is 5. The molecular formula is C30H27Cl2N5O. The lowest BCUT2D eigenvalue weighted by molar-refractivity contribution is 0.134. The summed E-state index contributed by atoms with van der Waals surface area (Å²) in [5.74, 6) is 1.01. The van der Waals surface area contributed by atoms with Gasteiger partial charge in [0.05, 0.1) is 12.2 Å². The fourth-order valence-electron chi connectivity index (χ4n) is 5.06. The quantitative estimate of drug-likeness (QED) is 0.220. The van der Waals surface area contributed by atoms with Crippen LogP contribution in [0.4, 0.5) is 0 Å². The number of halogens is 2. The lowest BCUT2D eigenvalue weighted by Gasteiger charge is -2.32.